The van der Waals surface area contributed by atoms with E-state index < -0.39 is 18.0 Å². The number of hydrogen-bond donors (Lipinski definition) is 1. The van der Waals surface area contributed by atoms with E-state index in [4.69, 9.17) is 21.1 Å². The number of hydrogen-bond acceptors (Lipinski definition) is 4. The second-order valence-electron chi connectivity index (χ2n) is 5.15. The van der Waals surface area contributed by atoms with Gasteiger partial charge in [-0.15, -0.1) is 0 Å². The Morgan fingerprint density at radius 1 is 1.12 bits per heavy atom. The second-order valence-corrected chi connectivity index (χ2v) is 5.55. The van der Waals surface area contributed by atoms with Crippen molar-refractivity contribution in [1.82, 2.24) is 0 Å². The minimum atomic E-state index is -0.951. The number of anilines is 1. The lowest BCUT2D eigenvalue weighted by atomic mass is 10.1. The molecule has 1 unspecified atom stereocenters. The number of ether oxygens (including phenoxy) is 2. The first kappa shape index (κ1) is 18.0. The Hall–Kier alpha value is -2.37. The first-order valence-corrected chi connectivity index (χ1v) is 7.73. The maximum atomic E-state index is 12.1. The quantitative estimate of drug-likeness (QED) is 0.810. The van der Waals surface area contributed by atoms with E-state index in [0.717, 1.165) is 5.56 Å². The van der Waals surface area contributed by atoms with Crippen LogP contribution >= 0.6 is 11.6 Å². The Labute approximate surface area is 145 Å². The van der Waals surface area contributed by atoms with Gasteiger partial charge < -0.3 is 14.8 Å². The summed E-state index contributed by atoms with van der Waals surface area (Å²) >= 11 is 5.98. The number of carbonyl (C=O) groups is 2. The molecule has 0 aliphatic rings. The van der Waals surface area contributed by atoms with E-state index in [1.165, 1.54) is 6.92 Å². The summed E-state index contributed by atoms with van der Waals surface area (Å²) in [7, 11) is 1.60. The molecule has 24 heavy (non-hydrogen) atoms. The molecule has 2 rings (SSSR count). The predicted octanol–water partition coefficient (Wildman–Crippen LogP) is 3.67. The maximum absolute atomic E-state index is 12.1. The number of benzene rings is 2. The van der Waals surface area contributed by atoms with Gasteiger partial charge in [-0.1, -0.05) is 35.9 Å². The van der Waals surface area contributed by atoms with Gasteiger partial charge in [-0.3, -0.25) is 4.79 Å². The molecule has 5 nitrogen and oxygen atoms in total. The molecule has 0 saturated heterocycles. The molecular formula is C18H18ClNO4. The summed E-state index contributed by atoms with van der Waals surface area (Å²) in [4.78, 5) is 24.2. The number of esters is 1. The maximum Gasteiger partial charge on any atom is 0.338 e. The van der Waals surface area contributed by atoms with E-state index in [9.17, 15) is 9.59 Å². The highest BCUT2D eigenvalue weighted by Gasteiger charge is 2.19. The summed E-state index contributed by atoms with van der Waals surface area (Å²) in [6.45, 7) is 1.97. The highest BCUT2D eigenvalue weighted by atomic mass is 35.5. The molecule has 0 fully saturated rings. The van der Waals surface area contributed by atoms with Crippen LogP contribution in [0.1, 0.15) is 22.8 Å². The van der Waals surface area contributed by atoms with Crippen molar-refractivity contribution < 1.29 is 19.1 Å². The minimum absolute atomic E-state index is 0.368. The van der Waals surface area contributed by atoms with Gasteiger partial charge in [-0.25, -0.2) is 4.79 Å². The third kappa shape index (κ3) is 4.81. The summed E-state index contributed by atoms with van der Waals surface area (Å²) in [6.07, 6.45) is -0.951. The molecule has 2 aromatic carbocycles. The molecule has 0 aromatic heterocycles. The first-order chi connectivity index (χ1) is 11.5. The van der Waals surface area contributed by atoms with E-state index in [-0.39, 0.29) is 0 Å². The standard InChI is InChI=1S/C18H18ClNO4/c1-12(17(21)20-16-6-4-3-5-15(16)19)24-18(22)14-9-7-13(8-10-14)11-23-2/h3-10,12H,11H2,1-2H3,(H,20,21). The number of rotatable bonds is 6. The number of amides is 1. The zero-order valence-electron chi connectivity index (χ0n) is 13.4. The van der Waals surface area contributed by atoms with Crippen LogP contribution in [0.5, 0.6) is 0 Å². The molecule has 2 aromatic rings. The Bertz CT molecular complexity index is 715. The van der Waals surface area contributed by atoms with Crippen molar-refractivity contribution in [3.63, 3.8) is 0 Å². The lowest BCUT2D eigenvalue weighted by molar-refractivity contribution is -0.123. The molecule has 0 aliphatic heterocycles. The van der Waals surface area contributed by atoms with Crippen LogP contribution in [0.4, 0.5) is 5.69 Å². The molecule has 1 amide bonds. The first-order valence-electron chi connectivity index (χ1n) is 7.35. The molecule has 0 aliphatic carbocycles. The lowest BCUT2D eigenvalue weighted by Gasteiger charge is -2.14. The zero-order valence-corrected chi connectivity index (χ0v) is 14.2. The summed E-state index contributed by atoms with van der Waals surface area (Å²) in [5, 5.41) is 3.04. The van der Waals surface area contributed by atoms with Gasteiger partial charge in [-0.05, 0) is 36.8 Å². The highest BCUT2D eigenvalue weighted by Crippen LogP contribution is 2.20. The van der Waals surface area contributed by atoms with Crippen molar-refractivity contribution in [2.75, 3.05) is 12.4 Å². The van der Waals surface area contributed by atoms with Crippen LogP contribution in [-0.2, 0) is 20.9 Å². The fourth-order valence-corrected chi connectivity index (χ4v) is 2.17. The largest absolute Gasteiger partial charge is 0.449 e. The fourth-order valence-electron chi connectivity index (χ4n) is 1.98. The second kappa shape index (κ2) is 8.47. The van der Waals surface area contributed by atoms with Crippen molar-refractivity contribution >= 4 is 29.2 Å². The topological polar surface area (TPSA) is 64.6 Å². The number of methoxy groups -OCH3 is 1. The molecular weight excluding hydrogens is 330 g/mol. The Morgan fingerprint density at radius 2 is 1.79 bits per heavy atom. The van der Waals surface area contributed by atoms with Crippen LogP contribution < -0.4 is 5.32 Å². The van der Waals surface area contributed by atoms with Gasteiger partial charge in [0, 0.05) is 7.11 Å². The fraction of sp³-hybridized carbons (Fsp3) is 0.222. The molecule has 0 radical (unpaired) electrons. The summed E-state index contributed by atoms with van der Waals surface area (Å²) < 4.78 is 10.2. The molecule has 1 atom stereocenters. The van der Waals surface area contributed by atoms with Gasteiger partial charge in [0.15, 0.2) is 6.10 Å². The van der Waals surface area contributed by atoms with Crippen LogP contribution in [0, 0.1) is 0 Å². The van der Waals surface area contributed by atoms with Crippen molar-refractivity contribution in [3.8, 4) is 0 Å². The minimum Gasteiger partial charge on any atom is -0.449 e. The van der Waals surface area contributed by atoms with E-state index >= 15 is 0 Å². The van der Waals surface area contributed by atoms with Crippen molar-refractivity contribution in [2.24, 2.45) is 0 Å². The number of para-hydroxylation sites is 1. The zero-order chi connectivity index (χ0) is 17.5. The summed E-state index contributed by atoms with van der Waals surface area (Å²) in [5.74, 6) is -1.02. The van der Waals surface area contributed by atoms with Crippen LogP contribution in [0.3, 0.4) is 0 Å². The van der Waals surface area contributed by atoms with Gasteiger partial charge in [-0.2, -0.15) is 0 Å². The molecule has 0 heterocycles. The lowest BCUT2D eigenvalue weighted by Crippen LogP contribution is -2.30. The third-order valence-electron chi connectivity index (χ3n) is 3.29. The van der Waals surface area contributed by atoms with Gasteiger partial charge >= 0.3 is 5.97 Å². The SMILES string of the molecule is COCc1ccc(C(=O)OC(C)C(=O)Nc2ccccc2Cl)cc1. The number of carbonyl (C=O) groups excluding carboxylic acids is 2. The van der Waals surface area contributed by atoms with Gasteiger partial charge in [0.2, 0.25) is 0 Å². The van der Waals surface area contributed by atoms with E-state index in [0.29, 0.717) is 22.9 Å². The molecule has 1 N–H and O–H groups in total. The van der Waals surface area contributed by atoms with Crippen LogP contribution in [0.15, 0.2) is 48.5 Å². The van der Waals surface area contributed by atoms with Gasteiger partial charge in [0.25, 0.3) is 5.91 Å². The monoisotopic (exact) mass is 347 g/mol. The highest BCUT2D eigenvalue weighted by molar-refractivity contribution is 6.33. The van der Waals surface area contributed by atoms with E-state index in [1.54, 1.807) is 55.6 Å². The number of nitrogens with one attached hydrogen (secondary N) is 1. The van der Waals surface area contributed by atoms with Crippen molar-refractivity contribution in [3.05, 3.63) is 64.7 Å². The molecule has 0 spiro atoms. The Kier molecular flexibility index (Phi) is 6.35. The molecule has 6 heteroatoms. The van der Waals surface area contributed by atoms with Gasteiger partial charge in [0.05, 0.1) is 22.9 Å². The van der Waals surface area contributed by atoms with Crippen LogP contribution in [0.2, 0.25) is 5.02 Å². The summed E-state index contributed by atoms with van der Waals surface area (Å²) in [6, 6.07) is 13.7. The number of halogens is 1. The Morgan fingerprint density at radius 3 is 2.42 bits per heavy atom. The Balaban J connectivity index is 1.95. The molecule has 0 bridgehead atoms. The normalized spacial score (nSPS) is 11.6. The van der Waals surface area contributed by atoms with Gasteiger partial charge in [0.1, 0.15) is 0 Å². The van der Waals surface area contributed by atoms with Crippen molar-refractivity contribution in [2.45, 2.75) is 19.6 Å². The third-order valence-corrected chi connectivity index (χ3v) is 3.61. The molecule has 0 saturated carbocycles. The van der Waals surface area contributed by atoms with Crippen LogP contribution in [-0.4, -0.2) is 25.1 Å². The van der Waals surface area contributed by atoms with Crippen molar-refractivity contribution in [1.29, 1.82) is 0 Å². The smallest absolute Gasteiger partial charge is 0.338 e. The predicted molar refractivity (Wildman–Crippen MR) is 92.1 cm³/mol. The average molecular weight is 348 g/mol. The summed E-state index contributed by atoms with van der Waals surface area (Å²) in [5.41, 5.74) is 1.78. The van der Waals surface area contributed by atoms with E-state index in [1.807, 2.05) is 0 Å². The average Bonchev–Trinajstić information content (AvgIpc) is 2.57. The van der Waals surface area contributed by atoms with E-state index in [2.05, 4.69) is 5.32 Å². The van der Waals surface area contributed by atoms with Crippen LogP contribution in [0.25, 0.3) is 0 Å². The molecule has 126 valence electrons.